The van der Waals surface area contributed by atoms with Crippen LogP contribution < -0.4 is 5.73 Å². The zero-order chi connectivity index (χ0) is 16.3. The van der Waals surface area contributed by atoms with Gasteiger partial charge in [0, 0.05) is 19.0 Å². The van der Waals surface area contributed by atoms with Crippen molar-refractivity contribution >= 4 is 5.91 Å². The number of nitrogens with zero attached hydrogens (tertiary/aromatic N) is 1. The van der Waals surface area contributed by atoms with Crippen molar-refractivity contribution in [3.05, 3.63) is 35.4 Å². The Hall–Kier alpha value is -1.56. The van der Waals surface area contributed by atoms with Crippen LogP contribution in [-0.2, 0) is 11.0 Å². The first-order valence-corrected chi connectivity index (χ1v) is 7.51. The van der Waals surface area contributed by atoms with Gasteiger partial charge in [-0.3, -0.25) is 4.79 Å². The molecule has 0 bridgehead atoms. The normalized spacial score (nSPS) is 20.8. The number of amides is 1. The van der Waals surface area contributed by atoms with Crippen LogP contribution >= 0.6 is 0 Å². The van der Waals surface area contributed by atoms with E-state index in [4.69, 9.17) is 5.73 Å². The number of carbonyl (C=O) groups is 1. The van der Waals surface area contributed by atoms with Gasteiger partial charge in [0.15, 0.2) is 0 Å². The Morgan fingerprint density at radius 2 is 1.95 bits per heavy atom. The third-order valence-corrected chi connectivity index (χ3v) is 3.94. The lowest BCUT2D eigenvalue weighted by atomic mass is 9.94. The highest BCUT2D eigenvalue weighted by atomic mass is 19.4. The average molecular weight is 314 g/mol. The van der Waals surface area contributed by atoms with Crippen LogP contribution in [0.4, 0.5) is 13.2 Å². The van der Waals surface area contributed by atoms with Gasteiger partial charge < -0.3 is 10.6 Å². The molecule has 2 N–H and O–H groups in total. The van der Waals surface area contributed by atoms with E-state index in [1.165, 1.54) is 12.1 Å². The van der Waals surface area contributed by atoms with Crippen molar-refractivity contribution in [2.45, 2.75) is 50.9 Å². The molecule has 1 heterocycles. The van der Waals surface area contributed by atoms with Crippen molar-refractivity contribution in [3.8, 4) is 0 Å². The summed E-state index contributed by atoms with van der Waals surface area (Å²) in [4.78, 5) is 14.0. The number of likely N-dealkylation sites (tertiary alicyclic amines) is 1. The maximum Gasteiger partial charge on any atom is 0.416 e. The molecule has 2 rings (SSSR count). The van der Waals surface area contributed by atoms with Gasteiger partial charge in [-0.05, 0) is 43.9 Å². The van der Waals surface area contributed by atoms with Crippen molar-refractivity contribution in [1.29, 1.82) is 0 Å². The largest absolute Gasteiger partial charge is 0.416 e. The average Bonchev–Trinajstić information content (AvgIpc) is 2.46. The van der Waals surface area contributed by atoms with Crippen LogP contribution in [0.1, 0.15) is 49.8 Å². The molecule has 0 radical (unpaired) electrons. The van der Waals surface area contributed by atoms with Gasteiger partial charge in [0.1, 0.15) is 0 Å². The fourth-order valence-corrected chi connectivity index (χ4v) is 2.86. The summed E-state index contributed by atoms with van der Waals surface area (Å²) >= 11 is 0. The molecule has 0 saturated carbocycles. The molecular weight excluding hydrogens is 293 g/mol. The summed E-state index contributed by atoms with van der Waals surface area (Å²) < 4.78 is 37.9. The van der Waals surface area contributed by atoms with Gasteiger partial charge in [0.2, 0.25) is 5.91 Å². The second-order valence-electron chi connectivity index (χ2n) is 5.90. The number of piperidine rings is 1. The van der Waals surface area contributed by atoms with Crippen molar-refractivity contribution in [2.24, 2.45) is 5.73 Å². The molecule has 1 fully saturated rings. The molecule has 6 heteroatoms. The summed E-state index contributed by atoms with van der Waals surface area (Å²) in [6, 6.07) is 4.75. The molecule has 0 aromatic heterocycles. The molecule has 1 aromatic rings. The zero-order valence-electron chi connectivity index (χ0n) is 12.6. The summed E-state index contributed by atoms with van der Waals surface area (Å²) in [5.74, 6) is -0.0282. The van der Waals surface area contributed by atoms with Crippen molar-refractivity contribution in [1.82, 2.24) is 4.90 Å². The van der Waals surface area contributed by atoms with Crippen molar-refractivity contribution in [3.63, 3.8) is 0 Å². The van der Waals surface area contributed by atoms with Gasteiger partial charge >= 0.3 is 6.18 Å². The van der Waals surface area contributed by atoms with E-state index in [1.807, 2.05) is 0 Å². The molecule has 1 aromatic carbocycles. The Labute approximate surface area is 128 Å². The van der Waals surface area contributed by atoms with Gasteiger partial charge in [0.05, 0.1) is 11.6 Å². The zero-order valence-corrected chi connectivity index (χ0v) is 12.6. The standard InChI is InChI=1S/C16H21F3N2O/c1-11(20)10-15(22)21-9-3-2-4-14(21)12-5-7-13(8-6-12)16(17,18)19/h5-8,11,14H,2-4,9-10,20H2,1H3. The molecule has 2 unspecified atom stereocenters. The van der Waals surface area contributed by atoms with Crippen LogP contribution in [0.3, 0.4) is 0 Å². The van der Waals surface area contributed by atoms with Gasteiger partial charge in [0.25, 0.3) is 0 Å². The molecule has 2 atom stereocenters. The van der Waals surface area contributed by atoms with E-state index in [9.17, 15) is 18.0 Å². The SMILES string of the molecule is CC(N)CC(=O)N1CCCCC1c1ccc(C(F)(F)F)cc1. The number of benzene rings is 1. The highest BCUT2D eigenvalue weighted by molar-refractivity contribution is 5.77. The Balaban J connectivity index is 2.18. The first-order valence-electron chi connectivity index (χ1n) is 7.51. The molecule has 122 valence electrons. The van der Waals surface area contributed by atoms with Crippen LogP contribution in [0.15, 0.2) is 24.3 Å². The number of hydrogen-bond donors (Lipinski definition) is 1. The minimum absolute atomic E-state index is 0.0282. The molecule has 1 aliphatic heterocycles. The number of nitrogens with two attached hydrogens (primary N) is 1. The fraction of sp³-hybridized carbons (Fsp3) is 0.562. The first-order chi connectivity index (χ1) is 10.3. The smallest absolute Gasteiger partial charge is 0.336 e. The van der Waals surface area contributed by atoms with Gasteiger partial charge in [-0.15, -0.1) is 0 Å². The number of hydrogen-bond acceptors (Lipinski definition) is 2. The number of rotatable bonds is 3. The van der Waals surface area contributed by atoms with Crippen molar-refractivity contribution in [2.75, 3.05) is 6.54 Å². The first kappa shape index (κ1) is 16.8. The summed E-state index contributed by atoms with van der Waals surface area (Å²) in [6.45, 7) is 2.41. The lowest BCUT2D eigenvalue weighted by Crippen LogP contribution is -2.40. The fourth-order valence-electron chi connectivity index (χ4n) is 2.86. The second kappa shape index (κ2) is 6.69. The number of carbonyl (C=O) groups excluding carboxylic acids is 1. The maximum atomic E-state index is 12.6. The third-order valence-electron chi connectivity index (χ3n) is 3.94. The van der Waals surface area contributed by atoms with Crippen LogP contribution in [0, 0.1) is 0 Å². The molecular formula is C16H21F3N2O. The highest BCUT2D eigenvalue weighted by Gasteiger charge is 2.32. The minimum Gasteiger partial charge on any atom is -0.336 e. The lowest BCUT2D eigenvalue weighted by Gasteiger charge is -2.36. The molecule has 0 aliphatic carbocycles. The van der Waals surface area contributed by atoms with Crippen LogP contribution in [0.25, 0.3) is 0 Å². The molecule has 0 spiro atoms. The van der Waals surface area contributed by atoms with E-state index in [1.54, 1.807) is 11.8 Å². The van der Waals surface area contributed by atoms with E-state index in [-0.39, 0.29) is 24.4 Å². The van der Waals surface area contributed by atoms with E-state index < -0.39 is 11.7 Å². The Kier molecular flexibility index (Phi) is 5.11. The van der Waals surface area contributed by atoms with E-state index in [0.717, 1.165) is 37.0 Å². The summed E-state index contributed by atoms with van der Waals surface area (Å²) in [6.07, 6.45) is -1.42. The lowest BCUT2D eigenvalue weighted by molar-refractivity contribution is -0.138. The molecule has 1 aliphatic rings. The Morgan fingerprint density at radius 3 is 2.50 bits per heavy atom. The molecule has 1 saturated heterocycles. The van der Waals surface area contributed by atoms with Crippen molar-refractivity contribution < 1.29 is 18.0 Å². The monoisotopic (exact) mass is 314 g/mol. The predicted molar refractivity (Wildman–Crippen MR) is 78.0 cm³/mol. The number of halogens is 3. The van der Waals surface area contributed by atoms with Crippen LogP contribution in [0.5, 0.6) is 0 Å². The van der Waals surface area contributed by atoms with E-state index >= 15 is 0 Å². The van der Waals surface area contributed by atoms with Gasteiger partial charge in [-0.25, -0.2) is 0 Å². The van der Waals surface area contributed by atoms with E-state index in [2.05, 4.69) is 0 Å². The quantitative estimate of drug-likeness (QED) is 0.928. The maximum absolute atomic E-state index is 12.6. The summed E-state index contributed by atoms with van der Waals surface area (Å²) in [7, 11) is 0. The van der Waals surface area contributed by atoms with Crippen LogP contribution in [-0.4, -0.2) is 23.4 Å². The van der Waals surface area contributed by atoms with Gasteiger partial charge in [-0.1, -0.05) is 12.1 Å². The highest BCUT2D eigenvalue weighted by Crippen LogP contribution is 2.34. The van der Waals surface area contributed by atoms with Crippen LogP contribution in [0.2, 0.25) is 0 Å². The second-order valence-corrected chi connectivity index (χ2v) is 5.90. The molecule has 1 amide bonds. The van der Waals surface area contributed by atoms with E-state index in [0.29, 0.717) is 6.54 Å². The summed E-state index contributed by atoms with van der Waals surface area (Å²) in [5, 5.41) is 0. The number of alkyl halides is 3. The summed E-state index contributed by atoms with van der Waals surface area (Å²) in [5.41, 5.74) is 5.77. The Bertz CT molecular complexity index is 511. The predicted octanol–water partition coefficient (Wildman–Crippen LogP) is 3.50. The molecule has 3 nitrogen and oxygen atoms in total. The minimum atomic E-state index is -4.34. The third kappa shape index (κ3) is 4.00. The topological polar surface area (TPSA) is 46.3 Å². The molecule has 22 heavy (non-hydrogen) atoms. The Morgan fingerprint density at radius 1 is 1.32 bits per heavy atom. The van der Waals surface area contributed by atoms with Gasteiger partial charge in [-0.2, -0.15) is 13.2 Å².